The Hall–Kier alpha value is -1.30. The molecule has 1 aliphatic heterocycles. The Morgan fingerprint density at radius 2 is 1.85 bits per heavy atom. The molecule has 1 rings (SSSR count). The van der Waals surface area contributed by atoms with Crippen LogP contribution in [0.1, 0.15) is 12.8 Å². The van der Waals surface area contributed by atoms with Crippen molar-refractivity contribution < 1.29 is 24.9 Å². The first-order valence-electron chi connectivity index (χ1n) is 3.93. The lowest BCUT2D eigenvalue weighted by Gasteiger charge is -2.33. The van der Waals surface area contributed by atoms with Crippen molar-refractivity contribution in [2.24, 2.45) is 0 Å². The minimum Gasteiger partial charge on any atom is -0.480 e. The second-order valence-corrected chi connectivity index (χ2v) is 3.02. The number of carbonyl (C=O) groups is 2. The van der Waals surface area contributed by atoms with Gasteiger partial charge in [0, 0.05) is 0 Å². The molecule has 0 saturated carbocycles. The van der Waals surface area contributed by atoms with Gasteiger partial charge in [-0.2, -0.15) is 0 Å². The maximum absolute atomic E-state index is 10.6. The van der Waals surface area contributed by atoms with Gasteiger partial charge in [-0.3, -0.25) is 4.90 Å². The number of amides is 1. The fourth-order valence-corrected chi connectivity index (χ4v) is 1.42. The number of carboxylic acid groups (broad SMARTS) is 2. The fraction of sp³-hybridized carbons (Fsp3) is 0.714. The van der Waals surface area contributed by atoms with Crippen LogP contribution in [0.3, 0.4) is 0 Å². The van der Waals surface area contributed by atoms with Crippen LogP contribution in [0.5, 0.6) is 0 Å². The first-order valence-corrected chi connectivity index (χ1v) is 3.93. The maximum Gasteiger partial charge on any atom is 0.408 e. The molecular formula is C7H11NO5. The Balaban J connectivity index is 2.72. The van der Waals surface area contributed by atoms with Crippen molar-refractivity contribution in [3.05, 3.63) is 0 Å². The van der Waals surface area contributed by atoms with E-state index >= 15 is 0 Å². The summed E-state index contributed by atoms with van der Waals surface area (Å²) >= 11 is 0. The molecule has 0 aromatic carbocycles. The molecule has 74 valence electrons. The van der Waals surface area contributed by atoms with E-state index < -0.39 is 24.2 Å². The summed E-state index contributed by atoms with van der Waals surface area (Å²) in [6.07, 6.45) is -1.54. The highest BCUT2D eigenvalue weighted by atomic mass is 16.4. The van der Waals surface area contributed by atoms with Crippen LogP contribution in [0.25, 0.3) is 0 Å². The number of piperidine rings is 1. The topological polar surface area (TPSA) is 98.1 Å². The molecule has 6 heteroatoms. The largest absolute Gasteiger partial charge is 0.480 e. The highest BCUT2D eigenvalue weighted by Crippen LogP contribution is 2.17. The average molecular weight is 189 g/mol. The predicted octanol–water partition coefficient (Wildman–Crippen LogP) is -0.426. The van der Waals surface area contributed by atoms with Crippen molar-refractivity contribution in [3.63, 3.8) is 0 Å². The number of aliphatic carboxylic acids is 1. The van der Waals surface area contributed by atoms with E-state index in [0.717, 1.165) is 4.90 Å². The molecule has 0 radical (unpaired) electrons. The monoisotopic (exact) mass is 189 g/mol. The Morgan fingerprint density at radius 1 is 1.23 bits per heavy atom. The van der Waals surface area contributed by atoms with Crippen LogP contribution in [0.15, 0.2) is 0 Å². The van der Waals surface area contributed by atoms with Gasteiger partial charge in [0.05, 0.1) is 12.6 Å². The van der Waals surface area contributed by atoms with Crippen LogP contribution >= 0.6 is 0 Å². The summed E-state index contributed by atoms with van der Waals surface area (Å²) in [6.45, 7) is -0.119. The van der Waals surface area contributed by atoms with E-state index in [0.29, 0.717) is 6.42 Å². The minimum absolute atomic E-state index is 0.119. The fourth-order valence-electron chi connectivity index (χ4n) is 1.42. The van der Waals surface area contributed by atoms with Gasteiger partial charge in [-0.1, -0.05) is 0 Å². The molecule has 3 N–H and O–H groups in total. The molecule has 1 aliphatic rings. The lowest BCUT2D eigenvalue weighted by molar-refractivity contribution is -0.144. The van der Waals surface area contributed by atoms with Crippen molar-refractivity contribution in [3.8, 4) is 0 Å². The molecular weight excluding hydrogens is 178 g/mol. The van der Waals surface area contributed by atoms with Crippen LogP contribution in [-0.2, 0) is 4.79 Å². The van der Waals surface area contributed by atoms with Gasteiger partial charge >= 0.3 is 12.1 Å². The summed E-state index contributed by atoms with van der Waals surface area (Å²) in [4.78, 5) is 21.9. The van der Waals surface area contributed by atoms with E-state index in [1.165, 1.54) is 0 Å². The van der Waals surface area contributed by atoms with E-state index in [9.17, 15) is 9.59 Å². The number of likely N-dealkylation sites (tertiary alicyclic amines) is 1. The number of carboxylic acids is 1. The van der Waals surface area contributed by atoms with Gasteiger partial charge in [0.1, 0.15) is 6.04 Å². The number of β-amino-alcohol motifs (C(OH)–C–C–N with tert-alkyl or cyclic N) is 1. The van der Waals surface area contributed by atoms with E-state index in [-0.39, 0.29) is 13.0 Å². The zero-order chi connectivity index (χ0) is 10.0. The molecule has 1 amide bonds. The van der Waals surface area contributed by atoms with Crippen LogP contribution in [0.4, 0.5) is 4.79 Å². The van der Waals surface area contributed by atoms with Crippen molar-refractivity contribution in [2.75, 3.05) is 6.54 Å². The molecule has 0 unspecified atom stereocenters. The first-order chi connectivity index (χ1) is 6.02. The summed E-state index contributed by atoms with van der Waals surface area (Å²) in [5.41, 5.74) is 0. The summed E-state index contributed by atoms with van der Waals surface area (Å²) in [6, 6.07) is -1.01. The lowest BCUT2D eigenvalue weighted by Crippen LogP contribution is -2.51. The van der Waals surface area contributed by atoms with Gasteiger partial charge in [-0.05, 0) is 12.8 Å². The first kappa shape index (κ1) is 9.79. The zero-order valence-electron chi connectivity index (χ0n) is 6.88. The third-order valence-corrected chi connectivity index (χ3v) is 2.09. The Morgan fingerprint density at radius 3 is 2.31 bits per heavy atom. The number of aliphatic hydroxyl groups is 1. The number of hydrogen-bond donors (Lipinski definition) is 3. The van der Waals surface area contributed by atoms with E-state index in [2.05, 4.69) is 0 Å². The maximum atomic E-state index is 10.6. The van der Waals surface area contributed by atoms with Crippen LogP contribution in [0, 0.1) is 0 Å². The zero-order valence-corrected chi connectivity index (χ0v) is 6.88. The molecule has 2 atom stereocenters. The number of aliphatic hydroxyl groups excluding tert-OH is 1. The molecule has 0 aromatic rings. The highest BCUT2D eigenvalue weighted by Gasteiger charge is 2.35. The lowest BCUT2D eigenvalue weighted by atomic mass is 10.0. The predicted molar refractivity (Wildman–Crippen MR) is 41.4 cm³/mol. The molecule has 0 bridgehead atoms. The van der Waals surface area contributed by atoms with Gasteiger partial charge in [-0.25, -0.2) is 9.59 Å². The van der Waals surface area contributed by atoms with Gasteiger partial charge in [0.15, 0.2) is 0 Å². The van der Waals surface area contributed by atoms with E-state index in [1.807, 2.05) is 0 Å². The van der Waals surface area contributed by atoms with Crippen molar-refractivity contribution in [1.82, 2.24) is 4.90 Å². The smallest absolute Gasteiger partial charge is 0.408 e. The van der Waals surface area contributed by atoms with Crippen molar-refractivity contribution in [2.45, 2.75) is 25.0 Å². The molecule has 0 spiro atoms. The van der Waals surface area contributed by atoms with Crippen LogP contribution in [-0.4, -0.2) is 51.0 Å². The third-order valence-electron chi connectivity index (χ3n) is 2.09. The Kier molecular flexibility index (Phi) is 2.72. The van der Waals surface area contributed by atoms with Crippen LogP contribution < -0.4 is 0 Å². The van der Waals surface area contributed by atoms with E-state index in [1.54, 1.807) is 0 Å². The standard InChI is InChI=1S/C7H11NO5/c9-4-1-2-5(6(10)11)8(3-4)7(12)13/h4-5,9H,1-3H2,(H,10,11)(H,12,13)/t4-,5-/m0/s1. The normalized spacial score (nSPS) is 28.5. The van der Waals surface area contributed by atoms with Gasteiger partial charge in [0.2, 0.25) is 0 Å². The molecule has 0 aromatic heterocycles. The summed E-state index contributed by atoms with van der Waals surface area (Å²) in [5.74, 6) is -1.16. The summed E-state index contributed by atoms with van der Waals surface area (Å²) < 4.78 is 0. The van der Waals surface area contributed by atoms with Gasteiger partial charge < -0.3 is 15.3 Å². The minimum atomic E-state index is -1.30. The Bertz CT molecular complexity index is 229. The van der Waals surface area contributed by atoms with Crippen molar-refractivity contribution in [1.29, 1.82) is 0 Å². The molecule has 1 saturated heterocycles. The molecule has 0 aliphatic carbocycles. The SMILES string of the molecule is O=C(O)[C@@H]1CC[C@H](O)CN1C(=O)O. The second-order valence-electron chi connectivity index (χ2n) is 3.02. The average Bonchev–Trinajstić information content (AvgIpc) is 2.03. The van der Waals surface area contributed by atoms with Crippen LogP contribution in [0.2, 0.25) is 0 Å². The van der Waals surface area contributed by atoms with E-state index in [4.69, 9.17) is 15.3 Å². The third kappa shape index (κ3) is 2.09. The second kappa shape index (κ2) is 3.61. The molecule has 13 heavy (non-hydrogen) atoms. The number of rotatable bonds is 1. The summed E-state index contributed by atoms with van der Waals surface area (Å²) in [5, 5.41) is 26.4. The quantitative estimate of drug-likeness (QED) is 0.520. The van der Waals surface area contributed by atoms with Crippen molar-refractivity contribution >= 4 is 12.1 Å². The Labute approximate surface area is 74.4 Å². The molecule has 1 heterocycles. The number of hydrogen-bond acceptors (Lipinski definition) is 3. The van der Waals surface area contributed by atoms with Gasteiger partial charge in [-0.15, -0.1) is 0 Å². The number of nitrogens with zero attached hydrogens (tertiary/aromatic N) is 1. The summed E-state index contributed by atoms with van der Waals surface area (Å²) in [7, 11) is 0. The highest BCUT2D eigenvalue weighted by molar-refractivity contribution is 5.79. The van der Waals surface area contributed by atoms with Gasteiger partial charge in [0.25, 0.3) is 0 Å². The molecule has 6 nitrogen and oxygen atoms in total. The molecule has 1 fully saturated rings.